The van der Waals surface area contributed by atoms with E-state index in [0.717, 1.165) is 24.7 Å². The molecule has 0 aromatic heterocycles. The van der Waals surface area contributed by atoms with E-state index in [4.69, 9.17) is 11.2 Å². The summed E-state index contributed by atoms with van der Waals surface area (Å²) in [5.74, 6) is 5.34. The average molecular weight is 298 g/mol. The highest BCUT2D eigenvalue weighted by Gasteiger charge is 2.19. The summed E-state index contributed by atoms with van der Waals surface area (Å²) in [5, 5.41) is 0. The summed E-state index contributed by atoms with van der Waals surface area (Å²) in [5.41, 5.74) is 1.43. The topological polar surface area (TPSA) is 9.23 Å². The third kappa shape index (κ3) is 5.76. The van der Waals surface area contributed by atoms with Crippen LogP contribution in [0.25, 0.3) is 0 Å². The minimum atomic E-state index is 0.542. The van der Waals surface area contributed by atoms with Crippen LogP contribution >= 0.6 is 0 Å². The van der Waals surface area contributed by atoms with Crippen LogP contribution in [0.5, 0.6) is 5.75 Å². The minimum absolute atomic E-state index is 0.542. The van der Waals surface area contributed by atoms with E-state index >= 15 is 0 Å². The van der Waals surface area contributed by atoms with E-state index in [2.05, 4.69) is 37.1 Å². The molecule has 0 spiro atoms. The van der Waals surface area contributed by atoms with Crippen LogP contribution in [0.2, 0.25) is 0 Å². The predicted octanol–water partition coefficient (Wildman–Crippen LogP) is 5.63. The van der Waals surface area contributed by atoms with Crippen molar-refractivity contribution in [1.29, 1.82) is 0 Å². The second-order valence-electron chi connectivity index (χ2n) is 6.62. The molecule has 0 radical (unpaired) electrons. The van der Waals surface area contributed by atoms with Gasteiger partial charge < -0.3 is 4.74 Å². The molecule has 0 amide bonds. The zero-order valence-electron chi connectivity index (χ0n) is 14.0. The lowest BCUT2D eigenvalue weighted by molar-refractivity contribution is 0.301. The molecule has 1 aromatic carbocycles. The van der Waals surface area contributed by atoms with Gasteiger partial charge in [0, 0.05) is 5.92 Å². The molecule has 1 saturated carbocycles. The summed E-state index contributed by atoms with van der Waals surface area (Å²) in [4.78, 5) is 0. The first kappa shape index (κ1) is 16.9. The summed E-state index contributed by atoms with van der Waals surface area (Å²) in [6.07, 6.45) is 16.7. The van der Waals surface area contributed by atoms with Gasteiger partial charge in [0.1, 0.15) is 5.75 Å². The van der Waals surface area contributed by atoms with Crippen LogP contribution in [-0.2, 0) is 6.42 Å². The van der Waals surface area contributed by atoms with Gasteiger partial charge in [-0.2, -0.15) is 0 Å². The second kappa shape index (κ2) is 9.57. The Morgan fingerprint density at radius 2 is 1.82 bits per heavy atom. The molecule has 0 aliphatic heterocycles. The van der Waals surface area contributed by atoms with Gasteiger partial charge in [-0.25, -0.2) is 0 Å². The van der Waals surface area contributed by atoms with Gasteiger partial charge in [0.05, 0.1) is 6.61 Å². The molecule has 1 aromatic rings. The van der Waals surface area contributed by atoms with E-state index in [9.17, 15) is 0 Å². The van der Waals surface area contributed by atoms with Crippen molar-refractivity contribution in [1.82, 2.24) is 0 Å². The van der Waals surface area contributed by atoms with Crippen molar-refractivity contribution in [3.63, 3.8) is 0 Å². The number of aryl methyl sites for hydroxylation is 1. The van der Waals surface area contributed by atoms with Crippen molar-refractivity contribution in [2.45, 2.75) is 64.7 Å². The SMILES string of the molecule is C#C[C@H]1CC[C@H](CCc2ccc(OCCCCC)cc2)CC1. The molecule has 0 heterocycles. The van der Waals surface area contributed by atoms with Crippen LogP contribution in [0.1, 0.15) is 63.9 Å². The van der Waals surface area contributed by atoms with E-state index in [1.54, 1.807) is 0 Å². The monoisotopic (exact) mass is 298 g/mol. The summed E-state index contributed by atoms with van der Waals surface area (Å²) < 4.78 is 5.76. The molecule has 0 atom stereocenters. The Labute approximate surface area is 136 Å². The largest absolute Gasteiger partial charge is 0.494 e. The van der Waals surface area contributed by atoms with E-state index in [1.807, 2.05) is 0 Å². The maximum absolute atomic E-state index is 5.76. The van der Waals surface area contributed by atoms with E-state index in [1.165, 1.54) is 56.9 Å². The number of hydrogen-bond donors (Lipinski definition) is 0. The lowest BCUT2D eigenvalue weighted by atomic mass is 9.80. The minimum Gasteiger partial charge on any atom is -0.494 e. The van der Waals surface area contributed by atoms with Crippen molar-refractivity contribution in [2.75, 3.05) is 6.61 Å². The smallest absolute Gasteiger partial charge is 0.119 e. The maximum Gasteiger partial charge on any atom is 0.119 e. The van der Waals surface area contributed by atoms with E-state index in [-0.39, 0.29) is 0 Å². The van der Waals surface area contributed by atoms with Gasteiger partial charge in [-0.15, -0.1) is 12.3 Å². The Kier molecular flexibility index (Phi) is 7.37. The second-order valence-corrected chi connectivity index (χ2v) is 6.62. The molecule has 22 heavy (non-hydrogen) atoms. The first-order valence-electron chi connectivity index (χ1n) is 8.99. The van der Waals surface area contributed by atoms with Crippen molar-refractivity contribution < 1.29 is 4.74 Å². The number of unbranched alkanes of at least 4 members (excludes halogenated alkanes) is 2. The molecule has 0 saturated heterocycles. The van der Waals surface area contributed by atoms with Crippen molar-refractivity contribution in [2.24, 2.45) is 11.8 Å². The predicted molar refractivity (Wildman–Crippen MR) is 94.1 cm³/mol. The van der Waals surface area contributed by atoms with Gasteiger partial charge in [-0.3, -0.25) is 0 Å². The normalized spacial score (nSPS) is 21.3. The standard InChI is InChI=1S/C21H30O/c1-3-5-6-17-22-21-15-13-20(14-16-21)12-11-19-9-7-18(4-2)8-10-19/h2,13-16,18-19H,3,5-12,17H2,1H3/t18-,19-. The third-order valence-electron chi connectivity index (χ3n) is 4.86. The van der Waals surface area contributed by atoms with Gasteiger partial charge >= 0.3 is 0 Å². The Morgan fingerprint density at radius 1 is 1.09 bits per heavy atom. The lowest BCUT2D eigenvalue weighted by Crippen LogP contribution is -2.13. The first-order valence-corrected chi connectivity index (χ1v) is 8.99. The Balaban J connectivity index is 1.67. The van der Waals surface area contributed by atoms with Gasteiger partial charge in [0.25, 0.3) is 0 Å². The summed E-state index contributed by atoms with van der Waals surface area (Å²) in [6, 6.07) is 8.69. The summed E-state index contributed by atoms with van der Waals surface area (Å²) in [7, 11) is 0. The van der Waals surface area contributed by atoms with Crippen LogP contribution in [0.15, 0.2) is 24.3 Å². The fourth-order valence-electron chi connectivity index (χ4n) is 3.28. The summed E-state index contributed by atoms with van der Waals surface area (Å²) >= 11 is 0. The van der Waals surface area contributed by atoms with Gasteiger partial charge in [-0.05, 0) is 68.6 Å². The molecule has 0 bridgehead atoms. The lowest BCUT2D eigenvalue weighted by Gasteiger charge is -2.25. The Morgan fingerprint density at radius 3 is 2.45 bits per heavy atom. The molecule has 1 nitrogen and oxygen atoms in total. The highest BCUT2D eigenvalue weighted by molar-refractivity contribution is 5.27. The fourth-order valence-corrected chi connectivity index (χ4v) is 3.28. The third-order valence-corrected chi connectivity index (χ3v) is 4.86. The summed E-state index contributed by atoms with van der Waals surface area (Å²) in [6.45, 7) is 3.05. The van der Waals surface area contributed by atoms with Crippen molar-refractivity contribution in [3.05, 3.63) is 29.8 Å². The van der Waals surface area contributed by atoms with Crippen LogP contribution in [-0.4, -0.2) is 6.61 Å². The van der Waals surface area contributed by atoms with Gasteiger partial charge in [-0.1, -0.05) is 31.9 Å². The molecule has 0 N–H and O–H groups in total. The molecule has 1 fully saturated rings. The maximum atomic E-state index is 5.76. The zero-order chi connectivity index (χ0) is 15.6. The highest BCUT2D eigenvalue weighted by Crippen LogP contribution is 2.31. The molecule has 1 aliphatic carbocycles. The number of ether oxygens (including phenoxy) is 1. The Hall–Kier alpha value is -1.42. The van der Waals surface area contributed by atoms with Crippen LogP contribution in [0.3, 0.4) is 0 Å². The fraction of sp³-hybridized carbons (Fsp3) is 0.619. The Bertz CT molecular complexity index is 446. The van der Waals surface area contributed by atoms with E-state index < -0.39 is 0 Å². The highest BCUT2D eigenvalue weighted by atomic mass is 16.5. The molecule has 120 valence electrons. The van der Waals surface area contributed by atoms with Crippen LogP contribution < -0.4 is 4.74 Å². The van der Waals surface area contributed by atoms with Gasteiger partial charge in [0.15, 0.2) is 0 Å². The van der Waals surface area contributed by atoms with Crippen molar-refractivity contribution in [3.8, 4) is 18.1 Å². The van der Waals surface area contributed by atoms with E-state index in [0.29, 0.717) is 5.92 Å². The molecular formula is C21H30O. The average Bonchev–Trinajstić information content (AvgIpc) is 2.58. The molecule has 1 heteroatoms. The molecular weight excluding hydrogens is 268 g/mol. The molecule has 2 rings (SSSR count). The van der Waals surface area contributed by atoms with Crippen LogP contribution in [0.4, 0.5) is 0 Å². The van der Waals surface area contributed by atoms with Crippen molar-refractivity contribution >= 4 is 0 Å². The first-order chi connectivity index (χ1) is 10.8. The molecule has 1 aliphatic rings. The number of benzene rings is 1. The number of rotatable bonds is 8. The quantitative estimate of drug-likeness (QED) is 0.446. The number of hydrogen-bond acceptors (Lipinski definition) is 1. The zero-order valence-corrected chi connectivity index (χ0v) is 14.0. The van der Waals surface area contributed by atoms with Crippen LogP contribution in [0, 0.1) is 24.2 Å². The molecule has 0 unspecified atom stereocenters. The van der Waals surface area contributed by atoms with Gasteiger partial charge in [0.2, 0.25) is 0 Å². The number of terminal acetylenes is 1.